The van der Waals surface area contributed by atoms with E-state index in [-0.39, 0.29) is 21.0 Å². The highest BCUT2D eigenvalue weighted by molar-refractivity contribution is 9.10. The van der Waals surface area contributed by atoms with Crippen molar-refractivity contribution in [1.82, 2.24) is 29.9 Å². The van der Waals surface area contributed by atoms with Gasteiger partial charge in [0.25, 0.3) is 0 Å². The predicted octanol–water partition coefficient (Wildman–Crippen LogP) is 3.13. The normalized spacial score (nSPS) is 10.8. The molecule has 6 rings (SSSR count). The van der Waals surface area contributed by atoms with Gasteiger partial charge in [-0.2, -0.15) is 0 Å². The first-order chi connectivity index (χ1) is 25.7. The molecule has 0 aliphatic rings. The molecule has 0 atom stereocenters. The molecule has 278 valence electrons. The Morgan fingerprint density at radius 3 is 1.61 bits per heavy atom. The molecule has 2 aromatic carbocycles. The first kappa shape index (κ1) is 41.3. The third kappa shape index (κ3) is 13.5. The van der Waals surface area contributed by atoms with Crippen LogP contribution in [0.3, 0.4) is 0 Å². The summed E-state index contributed by atoms with van der Waals surface area (Å²) in [6, 6.07) is 18.7. The number of nitrogens with zero attached hydrogens (tertiary/aromatic N) is 6. The van der Waals surface area contributed by atoms with Gasteiger partial charge >= 0.3 is 7.12 Å². The zero-order valence-corrected chi connectivity index (χ0v) is 32.1. The van der Waals surface area contributed by atoms with Gasteiger partial charge in [-0.05, 0) is 69.9 Å². The fraction of sp³-hybridized carbons (Fsp3) is 0.114. The van der Waals surface area contributed by atoms with Crippen molar-refractivity contribution in [3.05, 3.63) is 149 Å². The third-order valence-electron chi connectivity index (χ3n) is 7.04. The second-order valence-corrected chi connectivity index (χ2v) is 16.3. The van der Waals surface area contributed by atoms with E-state index >= 15 is 0 Å². The van der Waals surface area contributed by atoms with Crippen molar-refractivity contribution in [2.24, 2.45) is 0 Å². The van der Waals surface area contributed by atoms with Crippen LogP contribution in [0, 0.1) is 0 Å². The Kier molecular flexibility index (Phi) is 15.0. The lowest BCUT2D eigenvalue weighted by Gasteiger charge is -2.07. The first-order valence-corrected chi connectivity index (χ1v) is 20.3. The van der Waals surface area contributed by atoms with E-state index < -0.39 is 26.8 Å². The van der Waals surface area contributed by atoms with Crippen LogP contribution < -0.4 is 16.1 Å². The van der Waals surface area contributed by atoms with E-state index in [1.165, 1.54) is 55.2 Å². The lowest BCUT2D eigenvalue weighted by atomic mass is 9.80. The second-order valence-electron chi connectivity index (χ2n) is 11.3. The van der Waals surface area contributed by atoms with Gasteiger partial charge in [-0.25, -0.2) is 46.7 Å². The molecule has 0 unspecified atom stereocenters. The molecule has 4 aromatic heterocycles. The summed E-state index contributed by atoms with van der Waals surface area (Å²) in [6.07, 6.45) is 15.3. The topological polar surface area (TPSA) is 227 Å². The van der Waals surface area contributed by atoms with Crippen molar-refractivity contribution in [2.45, 2.75) is 22.9 Å². The minimum absolute atomic E-state index is 0.0816. The molecule has 6 aromatic rings. The molecule has 0 aliphatic carbocycles. The number of halogens is 1. The maximum absolute atomic E-state index is 12.5. The number of hydrogen-bond acceptors (Lipinski definition) is 15. The molecular formula is C35H34BBrN8O7S2. The van der Waals surface area contributed by atoms with Gasteiger partial charge in [0.15, 0.2) is 25.5 Å². The maximum atomic E-state index is 12.5. The maximum Gasteiger partial charge on any atom is 0.488 e. The molecule has 4 N–H and O–H groups in total. The fourth-order valence-corrected chi connectivity index (χ4v) is 5.86. The summed E-state index contributed by atoms with van der Waals surface area (Å²) in [5, 5.41) is 23.8. The van der Waals surface area contributed by atoms with Crippen LogP contribution in [0.2, 0.25) is 0 Å². The zero-order chi connectivity index (χ0) is 39.1. The van der Waals surface area contributed by atoms with Crippen LogP contribution in [0.5, 0.6) is 0 Å². The lowest BCUT2D eigenvalue weighted by molar-refractivity contribution is 0.103. The molecule has 0 bridgehead atoms. The Labute approximate surface area is 321 Å². The quantitative estimate of drug-likeness (QED) is 0.109. The van der Waals surface area contributed by atoms with E-state index in [9.17, 15) is 21.6 Å². The van der Waals surface area contributed by atoms with Gasteiger partial charge in [0.05, 0.1) is 9.79 Å². The Morgan fingerprint density at radius 2 is 1.15 bits per heavy atom. The number of carbonyl (C=O) groups excluding carboxylic acids is 1. The van der Waals surface area contributed by atoms with E-state index in [4.69, 9.17) is 10.0 Å². The summed E-state index contributed by atoms with van der Waals surface area (Å²) in [5.41, 5.74) is 2.79. The molecule has 0 spiro atoms. The van der Waals surface area contributed by atoms with Gasteiger partial charge in [-0.3, -0.25) is 4.79 Å². The van der Waals surface area contributed by atoms with E-state index in [2.05, 4.69) is 56.5 Å². The number of sulfone groups is 2. The van der Waals surface area contributed by atoms with Gasteiger partial charge in [0.2, 0.25) is 0 Å². The van der Waals surface area contributed by atoms with Gasteiger partial charge in [0.1, 0.15) is 24.3 Å². The minimum Gasteiger partial charge on any atom is -0.423 e. The van der Waals surface area contributed by atoms with Crippen LogP contribution in [-0.2, 0) is 32.8 Å². The highest BCUT2D eigenvalue weighted by Crippen LogP contribution is 2.16. The van der Waals surface area contributed by atoms with Crippen molar-refractivity contribution >= 4 is 65.6 Å². The molecule has 0 saturated heterocycles. The number of nitrogens with one attached hydrogen (secondary N) is 2. The van der Waals surface area contributed by atoms with Gasteiger partial charge in [-0.15, -0.1) is 0 Å². The van der Waals surface area contributed by atoms with Crippen molar-refractivity contribution in [3.8, 4) is 0 Å². The average Bonchev–Trinajstić information content (AvgIpc) is 3.17. The molecule has 15 nitrogen and oxygen atoms in total. The van der Waals surface area contributed by atoms with E-state index in [1.807, 2.05) is 12.1 Å². The molecule has 54 heavy (non-hydrogen) atoms. The SMILES string of the molecule is Brc1ccc(NCc2cncnc2)nc1.CS(=O)(=O)c1cccc(B(O)O)c1.CS(=O)(=O)c1cccc(C(=O)c2ccc(NCc3cncnc3)nc2)c1. The van der Waals surface area contributed by atoms with Crippen LogP contribution in [0.4, 0.5) is 11.6 Å². The van der Waals surface area contributed by atoms with Crippen molar-refractivity contribution in [2.75, 3.05) is 23.1 Å². The summed E-state index contributed by atoms with van der Waals surface area (Å²) in [6.45, 7) is 1.19. The molecule has 19 heteroatoms. The number of benzene rings is 2. The molecule has 4 heterocycles. The summed E-state index contributed by atoms with van der Waals surface area (Å²) >= 11 is 3.33. The first-order valence-electron chi connectivity index (χ1n) is 15.7. The molecule has 0 amide bonds. The van der Waals surface area contributed by atoms with Crippen LogP contribution >= 0.6 is 15.9 Å². The van der Waals surface area contributed by atoms with Crippen LogP contribution in [0.25, 0.3) is 0 Å². The fourth-order valence-electron chi connectivity index (χ4n) is 4.28. The number of carbonyl (C=O) groups is 1. The summed E-state index contributed by atoms with van der Waals surface area (Å²) in [4.78, 5) is 36.9. The van der Waals surface area contributed by atoms with Gasteiger partial charge in [0, 0.05) is 89.5 Å². The van der Waals surface area contributed by atoms with E-state index in [0.717, 1.165) is 33.9 Å². The Bertz CT molecular complexity index is 2350. The lowest BCUT2D eigenvalue weighted by Crippen LogP contribution is -2.30. The highest BCUT2D eigenvalue weighted by Gasteiger charge is 2.15. The second kappa shape index (κ2) is 19.6. The number of pyridine rings is 2. The molecule has 0 radical (unpaired) electrons. The number of anilines is 2. The van der Waals surface area contributed by atoms with Crippen molar-refractivity contribution in [3.63, 3.8) is 0 Å². The van der Waals surface area contributed by atoms with Crippen molar-refractivity contribution < 1.29 is 31.7 Å². The predicted molar refractivity (Wildman–Crippen MR) is 207 cm³/mol. The Hall–Kier alpha value is -5.47. The minimum atomic E-state index is -3.37. The highest BCUT2D eigenvalue weighted by atomic mass is 79.9. The molecule has 0 fully saturated rings. The average molecular weight is 834 g/mol. The van der Waals surface area contributed by atoms with Crippen LogP contribution in [0.1, 0.15) is 27.0 Å². The van der Waals surface area contributed by atoms with Gasteiger partial charge < -0.3 is 20.7 Å². The Balaban J connectivity index is 0.000000197. The summed E-state index contributed by atoms with van der Waals surface area (Å²) in [5.74, 6) is 1.16. The molecule has 0 aliphatic heterocycles. The number of rotatable bonds is 11. The summed E-state index contributed by atoms with van der Waals surface area (Å²) < 4.78 is 46.3. The zero-order valence-electron chi connectivity index (χ0n) is 28.9. The van der Waals surface area contributed by atoms with Crippen molar-refractivity contribution in [1.29, 1.82) is 0 Å². The monoisotopic (exact) mass is 832 g/mol. The number of aromatic nitrogens is 6. The Morgan fingerprint density at radius 1 is 0.648 bits per heavy atom. The molecular weight excluding hydrogens is 799 g/mol. The van der Waals surface area contributed by atoms with Crippen LogP contribution in [-0.4, -0.2) is 82.2 Å². The molecule has 0 saturated carbocycles. The van der Waals surface area contributed by atoms with Gasteiger partial charge in [-0.1, -0.05) is 24.3 Å². The summed E-state index contributed by atoms with van der Waals surface area (Å²) in [7, 11) is -8.29. The largest absolute Gasteiger partial charge is 0.488 e. The van der Waals surface area contributed by atoms with E-state index in [1.54, 1.807) is 55.2 Å². The number of ketones is 1. The number of hydrogen-bond donors (Lipinski definition) is 4. The third-order valence-corrected chi connectivity index (χ3v) is 9.73. The van der Waals surface area contributed by atoms with E-state index in [0.29, 0.717) is 30.0 Å². The standard InChI is InChI=1S/C18H16N4O3S.C10H9BrN4.C7H9BO4S/c1-26(24,25)16-4-2-3-14(7-16)18(23)15-5-6-17(22-11-15)21-10-13-8-19-12-20-9-13;11-9-1-2-10(15-6-9)14-5-8-3-12-7-13-4-8;1-13(11,12)7-4-2-3-6(5-7)8(9)10/h2-9,11-12H,10H2,1H3,(H,21,22);1-4,6-7H,5H2,(H,14,15);2-5,9-10H,1H3. The van der Waals surface area contributed by atoms with Crippen LogP contribution in [0.15, 0.2) is 137 Å². The smallest absolute Gasteiger partial charge is 0.423 e.